The van der Waals surface area contributed by atoms with Gasteiger partial charge in [-0.25, -0.2) is 0 Å². The van der Waals surface area contributed by atoms with Crippen LogP contribution in [-0.4, -0.2) is 82.2 Å². The smallest absolute Gasteiger partial charge is 0.306 e. The fraction of sp³-hybridized carbons (Fsp3) is 0.696. The predicted molar refractivity (Wildman–Crippen MR) is 230 cm³/mol. The molecule has 0 saturated carbocycles. The van der Waals surface area contributed by atoms with Crippen LogP contribution in [0.3, 0.4) is 0 Å². The maximum atomic E-state index is 12.7. The first-order chi connectivity index (χ1) is 27.5. The molecular formula is C46H78NO9P. The fourth-order valence-electron chi connectivity index (χ4n) is 5.64. The number of phosphoric ester groups is 1. The van der Waals surface area contributed by atoms with Crippen LogP contribution < -0.4 is 4.89 Å². The topological polar surface area (TPSA) is 124 Å². The summed E-state index contributed by atoms with van der Waals surface area (Å²) in [5.41, 5.74) is 0. The molecule has 1 heterocycles. The van der Waals surface area contributed by atoms with E-state index in [9.17, 15) is 19.0 Å². The van der Waals surface area contributed by atoms with Crippen molar-refractivity contribution < 1.29 is 46.8 Å². The first-order valence-corrected chi connectivity index (χ1v) is 23.2. The summed E-state index contributed by atoms with van der Waals surface area (Å²) in [7, 11) is 1.10. The van der Waals surface area contributed by atoms with Crippen molar-refractivity contribution >= 4 is 19.8 Å². The largest absolute Gasteiger partial charge is 0.756 e. The van der Waals surface area contributed by atoms with E-state index in [0.717, 1.165) is 77.0 Å². The Morgan fingerprint density at radius 1 is 0.667 bits per heavy atom. The van der Waals surface area contributed by atoms with Crippen molar-refractivity contribution in [2.45, 2.75) is 161 Å². The molecule has 0 aliphatic carbocycles. The monoisotopic (exact) mass is 820 g/mol. The van der Waals surface area contributed by atoms with Gasteiger partial charge in [0.05, 0.1) is 40.0 Å². The number of carbonyl (C=O) groups is 2. The van der Waals surface area contributed by atoms with Crippen LogP contribution in [0.2, 0.25) is 0 Å². The molecule has 10 nitrogen and oxygen atoms in total. The molecule has 0 aromatic rings. The molecule has 0 bridgehead atoms. The van der Waals surface area contributed by atoms with Crippen molar-refractivity contribution in [2.24, 2.45) is 0 Å². The molecule has 4 atom stereocenters. The number of carbonyl (C=O) groups excluding carboxylic acids is 2. The molecule has 0 amide bonds. The van der Waals surface area contributed by atoms with E-state index in [0.29, 0.717) is 36.1 Å². The second-order valence-electron chi connectivity index (χ2n) is 15.7. The number of esters is 2. The van der Waals surface area contributed by atoms with E-state index >= 15 is 0 Å². The normalized spacial score (nSPS) is 17.9. The molecule has 3 unspecified atom stereocenters. The van der Waals surface area contributed by atoms with E-state index < -0.39 is 32.5 Å². The van der Waals surface area contributed by atoms with E-state index in [4.69, 9.17) is 23.3 Å². The highest BCUT2D eigenvalue weighted by atomic mass is 31.2. The Balaban J connectivity index is 2.34. The first-order valence-electron chi connectivity index (χ1n) is 21.8. The number of unbranched alkanes of at least 4 members (excludes halogenated alkanes) is 8. The molecule has 1 aliphatic heterocycles. The number of rotatable bonds is 37. The summed E-state index contributed by atoms with van der Waals surface area (Å²) < 4.78 is 39.5. The van der Waals surface area contributed by atoms with Gasteiger partial charge in [0, 0.05) is 12.8 Å². The van der Waals surface area contributed by atoms with Crippen molar-refractivity contribution in [1.82, 2.24) is 0 Å². The Hall–Kier alpha value is -2.59. The van der Waals surface area contributed by atoms with Crippen LogP contribution in [0.15, 0.2) is 72.9 Å². The van der Waals surface area contributed by atoms with Gasteiger partial charge in [0.1, 0.15) is 19.8 Å². The molecule has 0 aromatic carbocycles. The highest BCUT2D eigenvalue weighted by Crippen LogP contribution is 2.38. The van der Waals surface area contributed by atoms with Gasteiger partial charge >= 0.3 is 11.9 Å². The zero-order valence-electron chi connectivity index (χ0n) is 36.2. The lowest BCUT2D eigenvalue weighted by Crippen LogP contribution is -2.37. The third kappa shape index (κ3) is 35.1. The standard InChI is InChI=1S/C46H78NO9P/c1-6-8-10-11-12-13-14-15-16-17-18-23-26-29-33-37-46(49)55-42(41-54-57(50,51)53-39-38-47(3,4)5)40-52-45(48)36-32-28-25-22-20-19-21-24-27-31-35-44-43(56-44)34-30-9-7-2/h8,10,12-13,15-16,19,21-22,25,27,31,42-44H,6-7,9,11,14,17-18,20,23-24,26,28-30,32-41H2,1-5H3/b10-8-,13-12-,16-15-,21-19-,25-22-,31-27-/t42-,43?,44?/m1/s1. The van der Waals surface area contributed by atoms with Gasteiger partial charge in [-0.15, -0.1) is 0 Å². The minimum absolute atomic E-state index is 0.0488. The molecule has 326 valence electrons. The van der Waals surface area contributed by atoms with Crippen LogP contribution in [0.4, 0.5) is 0 Å². The molecular weight excluding hydrogens is 741 g/mol. The average Bonchev–Trinajstić information content (AvgIpc) is 3.91. The summed E-state index contributed by atoms with van der Waals surface area (Å²) >= 11 is 0. The fourth-order valence-corrected chi connectivity index (χ4v) is 6.36. The molecule has 0 spiro atoms. The maximum Gasteiger partial charge on any atom is 0.306 e. The number of allylic oxidation sites excluding steroid dienone is 11. The van der Waals surface area contributed by atoms with Crippen LogP contribution >= 0.6 is 7.82 Å². The number of phosphoric acid groups is 1. The van der Waals surface area contributed by atoms with Crippen LogP contribution in [0.5, 0.6) is 0 Å². The summed E-state index contributed by atoms with van der Waals surface area (Å²) in [6, 6.07) is 0. The van der Waals surface area contributed by atoms with Gasteiger partial charge in [-0.05, 0) is 77.0 Å². The minimum Gasteiger partial charge on any atom is -0.756 e. The number of quaternary nitrogens is 1. The SMILES string of the molecule is CC/C=C\C/C=C\C/C=C\CCCCCCCC(=O)O[C@H](COC(=O)CCC/C=C\C/C=C\C/C=C\CC1OC1CCCCC)COP(=O)([O-])OCC[N+](C)(C)C. The molecule has 1 rings (SSSR count). The van der Waals surface area contributed by atoms with Gasteiger partial charge in [0.25, 0.3) is 7.82 Å². The zero-order valence-corrected chi connectivity index (χ0v) is 37.1. The molecule has 11 heteroatoms. The predicted octanol–water partition coefficient (Wildman–Crippen LogP) is 10.6. The van der Waals surface area contributed by atoms with Crippen LogP contribution in [0, 0.1) is 0 Å². The lowest BCUT2D eigenvalue weighted by molar-refractivity contribution is -0.870. The zero-order chi connectivity index (χ0) is 41.9. The molecule has 1 fully saturated rings. The molecule has 0 N–H and O–H groups in total. The molecule has 0 radical (unpaired) electrons. The Labute approximate surface area is 346 Å². The van der Waals surface area contributed by atoms with Crippen molar-refractivity contribution in [3.8, 4) is 0 Å². The second-order valence-corrected chi connectivity index (χ2v) is 17.1. The van der Waals surface area contributed by atoms with Gasteiger partial charge in [0.2, 0.25) is 0 Å². The molecule has 0 aromatic heterocycles. The van der Waals surface area contributed by atoms with E-state index in [1.165, 1.54) is 25.7 Å². The van der Waals surface area contributed by atoms with E-state index in [1.54, 1.807) is 0 Å². The highest BCUT2D eigenvalue weighted by Gasteiger charge is 2.36. The summed E-state index contributed by atoms with van der Waals surface area (Å²) in [6.45, 7) is 3.97. The highest BCUT2D eigenvalue weighted by molar-refractivity contribution is 7.45. The summed E-state index contributed by atoms with van der Waals surface area (Å²) in [4.78, 5) is 37.5. The average molecular weight is 820 g/mol. The van der Waals surface area contributed by atoms with Gasteiger partial charge < -0.3 is 32.6 Å². The Kier molecular flexibility index (Phi) is 31.5. The lowest BCUT2D eigenvalue weighted by atomic mass is 10.1. The Morgan fingerprint density at radius 3 is 1.89 bits per heavy atom. The van der Waals surface area contributed by atoms with Gasteiger partial charge in [-0.3, -0.25) is 14.2 Å². The van der Waals surface area contributed by atoms with Gasteiger partial charge in [-0.2, -0.15) is 0 Å². The van der Waals surface area contributed by atoms with Crippen molar-refractivity contribution in [2.75, 3.05) is 47.5 Å². The van der Waals surface area contributed by atoms with E-state index in [-0.39, 0.29) is 26.1 Å². The number of ether oxygens (including phenoxy) is 3. The van der Waals surface area contributed by atoms with Crippen LogP contribution in [0.25, 0.3) is 0 Å². The number of nitrogens with zero attached hydrogens (tertiary/aromatic N) is 1. The number of hydrogen-bond acceptors (Lipinski definition) is 9. The van der Waals surface area contributed by atoms with E-state index in [1.807, 2.05) is 27.2 Å². The van der Waals surface area contributed by atoms with Crippen molar-refractivity contribution in [3.63, 3.8) is 0 Å². The summed E-state index contributed by atoms with van der Waals surface area (Å²) in [5, 5.41) is 0. The first kappa shape index (κ1) is 52.4. The van der Waals surface area contributed by atoms with Gasteiger partial charge in [-0.1, -0.05) is 125 Å². The van der Waals surface area contributed by atoms with Gasteiger partial charge in [0.15, 0.2) is 6.10 Å². The third-order valence-electron chi connectivity index (χ3n) is 9.13. The number of hydrogen-bond donors (Lipinski definition) is 0. The molecule has 1 aliphatic rings. The second kappa shape index (κ2) is 34.3. The lowest BCUT2D eigenvalue weighted by Gasteiger charge is -2.28. The molecule has 57 heavy (non-hydrogen) atoms. The third-order valence-corrected chi connectivity index (χ3v) is 10.1. The molecule has 1 saturated heterocycles. The van der Waals surface area contributed by atoms with Crippen LogP contribution in [0.1, 0.15) is 142 Å². The number of likely N-dealkylation sites (N-methyl/N-ethyl adjacent to an activating group) is 1. The Morgan fingerprint density at radius 2 is 1.25 bits per heavy atom. The maximum absolute atomic E-state index is 12.7. The van der Waals surface area contributed by atoms with Crippen LogP contribution in [-0.2, 0) is 37.4 Å². The van der Waals surface area contributed by atoms with Crippen molar-refractivity contribution in [3.05, 3.63) is 72.9 Å². The summed E-state index contributed by atoms with van der Waals surface area (Å²) in [6.07, 6.45) is 44.0. The quantitative estimate of drug-likeness (QED) is 0.0150. The van der Waals surface area contributed by atoms with E-state index in [2.05, 4.69) is 80.7 Å². The Bertz CT molecular complexity index is 1270. The number of epoxide rings is 1. The minimum atomic E-state index is -4.65. The van der Waals surface area contributed by atoms with Crippen molar-refractivity contribution in [1.29, 1.82) is 0 Å². The summed E-state index contributed by atoms with van der Waals surface area (Å²) in [5.74, 6) is -0.933.